The average Bonchev–Trinajstić information content (AvgIpc) is 2.78. The third kappa shape index (κ3) is 3.06. The summed E-state index contributed by atoms with van der Waals surface area (Å²) in [7, 11) is 0. The van der Waals surface area contributed by atoms with E-state index in [2.05, 4.69) is 39.6 Å². The van der Waals surface area contributed by atoms with Crippen molar-refractivity contribution in [1.29, 1.82) is 0 Å². The van der Waals surface area contributed by atoms with Crippen LogP contribution in [0, 0.1) is 0 Å². The molecule has 1 aromatic heterocycles. The molecule has 0 spiro atoms. The number of benzene rings is 1. The smallest absolute Gasteiger partial charge is 0.142 e. The second-order valence-corrected chi connectivity index (χ2v) is 5.73. The van der Waals surface area contributed by atoms with Crippen molar-refractivity contribution in [3.8, 4) is 5.75 Å². The van der Waals surface area contributed by atoms with E-state index in [0.717, 1.165) is 15.9 Å². The number of anilines is 1. The largest absolute Gasteiger partial charge is 0.492 e. The first-order chi connectivity index (χ1) is 8.72. The van der Waals surface area contributed by atoms with Gasteiger partial charge >= 0.3 is 0 Å². The Balaban J connectivity index is 2.16. The van der Waals surface area contributed by atoms with Crippen LogP contribution in [0.3, 0.4) is 0 Å². The summed E-state index contributed by atoms with van der Waals surface area (Å²) in [6.45, 7) is 4.82. The third-order valence-electron chi connectivity index (χ3n) is 2.60. The van der Waals surface area contributed by atoms with Gasteiger partial charge in [0.05, 0.1) is 18.3 Å². The van der Waals surface area contributed by atoms with Gasteiger partial charge in [0.15, 0.2) is 0 Å². The van der Waals surface area contributed by atoms with E-state index in [1.807, 2.05) is 31.2 Å². The van der Waals surface area contributed by atoms with E-state index >= 15 is 0 Å². The molecule has 0 saturated heterocycles. The summed E-state index contributed by atoms with van der Waals surface area (Å²) in [5, 5.41) is 5.58. The monoisotopic (exact) mass is 325 g/mol. The molecule has 4 heteroatoms. The summed E-state index contributed by atoms with van der Waals surface area (Å²) >= 11 is 5.31. The SMILES string of the molecule is CCOc1ccccc1NC(C)c1sccc1Br. The number of para-hydroxylation sites is 2. The maximum Gasteiger partial charge on any atom is 0.142 e. The summed E-state index contributed by atoms with van der Waals surface area (Å²) in [5.74, 6) is 0.902. The Morgan fingerprint density at radius 3 is 2.78 bits per heavy atom. The molecule has 2 nitrogen and oxygen atoms in total. The Hall–Kier alpha value is -1.00. The molecule has 0 bridgehead atoms. The predicted molar refractivity (Wildman–Crippen MR) is 81.7 cm³/mol. The summed E-state index contributed by atoms with van der Waals surface area (Å²) < 4.78 is 6.77. The van der Waals surface area contributed by atoms with Gasteiger partial charge in [0.1, 0.15) is 5.75 Å². The van der Waals surface area contributed by atoms with E-state index in [-0.39, 0.29) is 6.04 Å². The summed E-state index contributed by atoms with van der Waals surface area (Å²) in [6, 6.07) is 10.4. The lowest BCUT2D eigenvalue weighted by atomic mass is 10.2. The van der Waals surface area contributed by atoms with Crippen LogP contribution in [0.25, 0.3) is 0 Å². The van der Waals surface area contributed by atoms with Crippen molar-refractivity contribution >= 4 is 33.0 Å². The maximum atomic E-state index is 5.61. The number of hydrogen-bond acceptors (Lipinski definition) is 3. The molecule has 0 aliphatic rings. The Kier molecular flexibility index (Phi) is 4.66. The Morgan fingerprint density at radius 1 is 1.33 bits per heavy atom. The molecule has 1 unspecified atom stereocenters. The lowest BCUT2D eigenvalue weighted by Gasteiger charge is -2.17. The molecule has 0 saturated carbocycles. The van der Waals surface area contributed by atoms with Crippen LogP contribution < -0.4 is 10.1 Å². The van der Waals surface area contributed by atoms with E-state index in [1.54, 1.807) is 11.3 Å². The molecule has 0 fully saturated rings. The zero-order valence-corrected chi connectivity index (χ0v) is 12.8. The highest BCUT2D eigenvalue weighted by Crippen LogP contribution is 2.33. The van der Waals surface area contributed by atoms with Gasteiger partial charge in [-0.2, -0.15) is 0 Å². The number of hydrogen-bond donors (Lipinski definition) is 1. The van der Waals surface area contributed by atoms with Crippen LogP contribution in [0.4, 0.5) is 5.69 Å². The number of thiophene rings is 1. The van der Waals surface area contributed by atoms with E-state index < -0.39 is 0 Å². The molecule has 1 atom stereocenters. The topological polar surface area (TPSA) is 21.3 Å². The Morgan fingerprint density at radius 2 is 2.11 bits per heavy atom. The fourth-order valence-electron chi connectivity index (χ4n) is 1.78. The molecule has 1 aromatic carbocycles. The van der Waals surface area contributed by atoms with E-state index in [4.69, 9.17) is 4.74 Å². The van der Waals surface area contributed by atoms with Crippen LogP contribution in [0.15, 0.2) is 40.2 Å². The minimum absolute atomic E-state index is 0.251. The van der Waals surface area contributed by atoms with Crippen LogP contribution in [-0.2, 0) is 0 Å². The highest BCUT2D eigenvalue weighted by atomic mass is 79.9. The molecule has 0 amide bonds. The first-order valence-electron chi connectivity index (χ1n) is 5.93. The third-order valence-corrected chi connectivity index (χ3v) is 4.65. The molecule has 2 rings (SSSR count). The van der Waals surface area contributed by atoms with Crippen LogP contribution in [0.5, 0.6) is 5.75 Å². The number of nitrogens with one attached hydrogen (secondary N) is 1. The van der Waals surface area contributed by atoms with Gasteiger partial charge in [-0.3, -0.25) is 0 Å². The van der Waals surface area contributed by atoms with Crippen LogP contribution in [-0.4, -0.2) is 6.61 Å². The fraction of sp³-hybridized carbons (Fsp3) is 0.286. The summed E-state index contributed by atoms with van der Waals surface area (Å²) in [5.41, 5.74) is 1.03. The van der Waals surface area contributed by atoms with Crippen molar-refractivity contribution in [3.63, 3.8) is 0 Å². The maximum absolute atomic E-state index is 5.61. The first-order valence-corrected chi connectivity index (χ1v) is 7.61. The zero-order chi connectivity index (χ0) is 13.0. The lowest BCUT2D eigenvalue weighted by Crippen LogP contribution is -2.07. The predicted octanol–water partition coefficient (Wildman–Crippen LogP) is 5.08. The van der Waals surface area contributed by atoms with Crippen molar-refractivity contribution in [3.05, 3.63) is 45.1 Å². The van der Waals surface area contributed by atoms with Gasteiger partial charge in [0.2, 0.25) is 0 Å². The van der Waals surface area contributed by atoms with Crippen molar-refractivity contribution < 1.29 is 4.74 Å². The van der Waals surface area contributed by atoms with Crippen molar-refractivity contribution in [2.45, 2.75) is 19.9 Å². The van der Waals surface area contributed by atoms with Gasteiger partial charge in [-0.15, -0.1) is 11.3 Å². The van der Waals surface area contributed by atoms with Crippen molar-refractivity contribution in [2.75, 3.05) is 11.9 Å². The molecule has 1 N–H and O–H groups in total. The van der Waals surface area contributed by atoms with Gasteiger partial charge in [0, 0.05) is 9.35 Å². The summed E-state index contributed by atoms with van der Waals surface area (Å²) in [6.07, 6.45) is 0. The van der Waals surface area contributed by atoms with Crippen LogP contribution in [0.2, 0.25) is 0 Å². The summed E-state index contributed by atoms with van der Waals surface area (Å²) in [4.78, 5) is 1.29. The van der Waals surface area contributed by atoms with Gasteiger partial charge in [0.25, 0.3) is 0 Å². The molecular formula is C14H16BrNOS. The molecule has 2 aromatic rings. The lowest BCUT2D eigenvalue weighted by molar-refractivity contribution is 0.341. The number of rotatable bonds is 5. The van der Waals surface area contributed by atoms with Gasteiger partial charge in [-0.1, -0.05) is 12.1 Å². The molecule has 0 radical (unpaired) electrons. The molecule has 1 heterocycles. The minimum Gasteiger partial charge on any atom is -0.492 e. The van der Waals surface area contributed by atoms with Crippen molar-refractivity contribution in [2.24, 2.45) is 0 Å². The highest BCUT2D eigenvalue weighted by Gasteiger charge is 2.12. The van der Waals surface area contributed by atoms with Crippen LogP contribution >= 0.6 is 27.3 Å². The zero-order valence-electron chi connectivity index (χ0n) is 10.4. The molecule has 96 valence electrons. The normalized spacial score (nSPS) is 12.2. The standard InChI is InChI=1S/C14H16BrNOS/c1-3-17-13-7-5-4-6-12(13)16-10(2)14-11(15)8-9-18-14/h4-10,16H,3H2,1-2H3. The number of halogens is 1. The molecule has 18 heavy (non-hydrogen) atoms. The second-order valence-electron chi connectivity index (χ2n) is 3.93. The van der Waals surface area contributed by atoms with Gasteiger partial charge < -0.3 is 10.1 Å². The second kappa shape index (κ2) is 6.25. The molecule has 0 aliphatic heterocycles. The van der Waals surface area contributed by atoms with Gasteiger partial charge in [-0.05, 0) is 53.4 Å². The van der Waals surface area contributed by atoms with E-state index in [0.29, 0.717) is 6.61 Å². The van der Waals surface area contributed by atoms with Gasteiger partial charge in [-0.25, -0.2) is 0 Å². The van der Waals surface area contributed by atoms with Crippen LogP contribution in [0.1, 0.15) is 24.8 Å². The minimum atomic E-state index is 0.251. The van der Waals surface area contributed by atoms with E-state index in [1.165, 1.54) is 4.88 Å². The highest BCUT2D eigenvalue weighted by molar-refractivity contribution is 9.10. The Labute approximate surface area is 120 Å². The molecule has 0 aliphatic carbocycles. The van der Waals surface area contributed by atoms with Crippen molar-refractivity contribution in [1.82, 2.24) is 0 Å². The Bertz CT molecular complexity index is 512. The average molecular weight is 326 g/mol. The number of ether oxygens (including phenoxy) is 1. The first kappa shape index (κ1) is 13.4. The molecular weight excluding hydrogens is 310 g/mol. The van der Waals surface area contributed by atoms with E-state index in [9.17, 15) is 0 Å². The quantitative estimate of drug-likeness (QED) is 0.827. The fourth-order valence-corrected chi connectivity index (χ4v) is 3.51.